The summed E-state index contributed by atoms with van der Waals surface area (Å²) in [5, 5.41) is 17.1. The molecule has 4 nitrogen and oxygen atoms in total. The molecule has 0 spiro atoms. The highest BCUT2D eigenvalue weighted by molar-refractivity contribution is 9.10. The molecule has 1 saturated carbocycles. The summed E-state index contributed by atoms with van der Waals surface area (Å²) in [6.07, 6.45) is 5.01. The third-order valence-electron chi connectivity index (χ3n) is 3.84. The Bertz CT molecular complexity index is 715. The first-order valence-electron chi connectivity index (χ1n) is 6.34. The second kappa shape index (κ2) is 4.88. The van der Waals surface area contributed by atoms with E-state index < -0.39 is 0 Å². The summed E-state index contributed by atoms with van der Waals surface area (Å²) in [7, 11) is 1.96. The first-order valence-corrected chi connectivity index (χ1v) is 7.13. The van der Waals surface area contributed by atoms with E-state index in [0.717, 1.165) is 28.7 Å². The molecule has 2 aromatic rings. The number of aromatic nitrogens is 3. The Kier molecular flexibility index (Phi) is 3.19. The fraction of sp³-hybridized carbons (Fsp3) is 0.267. The molecule has 1 fully saturated rings. The fourth-order valence-corrected chi connectivity index (χ4v) is 3.31. The van der Waals surface area contributed by atoms with Gasteiger partial charge < -0.3 is 4.57 Å². The number of hydrogen-bond donors (Lipinski definition) is 0. The third-order valence-corrected chi connectivity index (χ3v) is 4.34. The molecule has 0 aliphatic heterocycles. The van der Waals surface area contributed by atoms with Gasteiger partial charge in [0, 0.05) is 17.6 Å². The van der Waals surface area contributed by atoms with Gasteiger partial charge in [-0.2, -0.15) is 5.26 Å². The zero-order valence-corrected chi connectivity index (χ0v) is 12.6. The highest BCUT2D eigenvalue weighted by Gasteiger charge is 2.47. The zero-order valence-electron chi connectivity index (χ0n) is 11.0. The van der Waals surface area contributed by atoms with Crippen LogP contribution in [0.4, 0.5) is 0 Å². The Morgan fingerprint density at radius 3 is 2.85 bits per heavy atom. The van der Waals surface area contributed by atoms with E-state index in [1.54, 1.807) is 12.4 Å². The Morgan fingerprint density at radius 1 is 1.45 bits per heavy atom. The Balaban J connectivity index is 2.10. The number of nitrogens with zero attached hydrogens (tertiary/aromatic N) is 4. The maximum absolute atomic E-state index is 8.80. The van der Waals surface area contributed by atoms with Crippen LogP contribution in [0.25, 0.3) is 0 Å². The summed E-state index contributed by atoms with van der Waals surface area (Å²) >= 11 is 3.53. The van der Waals surface area contributed by atoms with Crippen LogP contribution >= 0.6 is 15.9 Å². The van der Waals surface area contributed by atoms with Gasteiger partial charge in [-0.15, -0.1) is 10.2 Å². The molecule has 0 atom stereocenters. The molecule has 1 aliphatic rings. The molecule has 1 aromatic carbocycles. The molecule has 0 N–H and O–H groups in total. The van der Waals surface area contributed by atoms with Gasteiger partial charge >= 0.3 is 0 Å². The molecule has 1 heterocycles. The molecule has 5 heteroatoms. The fourth-order valence-electron chi connectivity index (χ4n) is 2.91. The molecule has 0 radical (unpaired) electrons. The molecular weight excluding hydrogens is 316 g/mol. The van der Waals surface area contributed by atoms with Crippen molar-refractivity contribution in [3.8, 4) is 6.07 Å². The number of rotatable bonds is 2. The molecule has 1 aromatic heterocycles. The average molecular weight is 329 g/mol. The van der Waals surface area contributed by atoms with Gasteiger partial charge in [0.05, 0.1) is 11.5 Å². The van der Waals surface area contributed by atoms with Crippen LogP contribution in [-0.4, -0.2) is 14.8 Å². The van der Waals surface area contributed by atoms with Crippen LogP contribution in [0, 0.1) is 11.3 Å². The van der Waals surface area contributed by atoms with Crippen LogP contribution in [0.15, 0.2) is 46.7 Å². The van der Waals surface area contributed by atoms with Gasteiger partial charge in [-0.1, -0.05) is 33.6 Å². The van der Waals surface area contributed by atoms with Crippen molar-refractivity contribution < 1.29 is 0 Å². The van der Waals surface area contributed by atoms with E-state index in [4.69, 9.17) is 5.26 Å². The minimum absolute atomic E-state index is 0.169. The summed E-state index contributed by atoms with van der Waals surface area (Å²) in [6, 6.07) is 10.4. The van der Waals surface area contributed by atoms with E-state index >= 15 is 0 Å². The number of halogens is 1. The molecule has 0 bridgehead atoms. The Labute approximate surface area is 125 Å². The van der Waals surface area contributed by atoms with E-state index in [1.807, 2.05) is 23.7 Å². The van der Waals surface area contributed by atoms with E-state index in [9.17, 15) is 0 Å². The summed E-state index contributed by atoms with van der Waals surface area (Å²) in [5.41, 5.74) is 2.20. The SMILES string of the molecule is Cn1cnnc1C1(c2cccc(Br)c2)CC(=CC#N)C1. The van der Waals surface area contributed by atoms with Crippen molar-refractivity contribution in [1.29, 1.82) is 5.26 Å². The van der Waals surface area contributed by atoms with Crippen molar-refractivity contribution in [2.24, 2.45) is 7.05 Å². The van der Waals surface area contributed by atoms with Gasteiger partial charge in [0.2, 0.25) is 0 Å². The van der Waals surface area contributed by atoms with Crippen molar-refractivity contribution in [1.82, 2.24) is 14.8 Å². The Morgan fingerprint density at radius 2 is 2.25 bits per heavy atom. The minimum Gasteiger partial charge on any atom is -0.320 e. The van der Waals surface area contributed by atoms with Crippen molar-refractivity contribution in [3.05, 3.63) is 58.1 Å². The van der Waals surface area contributed by atoms with Crippen LogP contribution in [0.1, 0.15) is 24.2 Å². The molecule has 0 saturated heterocycles. The highest BCUT2D eigenvalue weighted by Crippen LogP contribution is 2.51. The van der Waals surface area contributed by atoms with Crippen LogP contribution in [0.3, 0.4) is 0 Å². The van der Waals surface area contributed by atoms with Crippen molar-refractivity contribution in [3.63, 3.8) is 0 Å². The van der Waals surface area contributed by atoms with Gasteiger partial charge in [0.25, 0.3) is 0 Å². The second-order valence-corrected chi connectivity index (χ2v) is 6.06. The van der Waals surface area contributed by atoms with Crippen LogP contribution in [0.2, 0.25) is 0 Å². The zero-order chi connectivity index (χ0) is 14.2. The first kappa shape index (κ1) is 13.1. The van der Waals surface area contributed by atoms with E-state index in [-0.39, 0.29) is 5.41 Å². The second-order valence-electron chi connectivity index (χ2n) is 5.14. The quantitative estimate of drug-likeness (QED) is 0.796. The van der Waals surface area contributed by atoms with Crippen molar-refractivity contribution in [2.75, 3.05) is 0 Å². The van der Waals surface area contributed by atoms with Gasteiger partial charge in [-0.25, -0.2) is 0 Å². The first-order chi connectivity index (χ1) is 9.65. The lowest BCUT2D eigenvalue weighted by atomic mass is 9.61. The van der Waals surface area contributed by atoms with E-state index in [1.165, 1.54) is 5.56 Å². The maximum atomic E-state index is 8.80. The smallest absolute Gasteiger partial charge is 0.143 e. The lowest BCUT2D eigenvalue weighted by molar-refractivity contribution is 0.368. The predicted molar refractivity (Wildman–Crippen MR) is 78.9 cm³/mol. The molecule has 20 heavy (non-hydrogen) atoms. The predicted octanol–water partition coefficient (Wildman–Crippen LogP) is 3.11. The number of allylic oxidation sites excluding steroid dienone is 2. The molecule has 1 aliphatic carbocycles. The van der Waals surface area contributed by atoms with Crippen LogP contribution in [0.5, 0.6) is 0 Å². The van der Waals surface area contributed by atoms with Crippen LogP contribution in [-0.2, 0) is 12.5 Å². The molecular formula is C15H13BrN4. The number of aryl methyl sites for hydroxylation is 1. The maximum Gasteiger partial charge on any atom is 0.143 e. The van der Waals surface area contributed by atoms with Gasteiger partial charge in [-0.05, 0) is 30.5 Å². The molecule has 0 amide bonds. The Hall–Kier alpha value is -1.93. The number of nitriles is 1. The van der Waals surface area contributed by atoms with Crippen LogP contribution < -0.4 is 0 Å². The summed E-state index contributed by atoms with van der Waals surface area (Å²) in [6.45, 7) is 0. The lowest BCUT2D eigenvalue weighted by Crippen LogP contribution is -2.39. The third kappa shape index (κ3) is 1.97. The average Bonchev–Trinajstić information content (AvgIpc) is 2.80. The summed E-state index contributed by atoms with van der Waals surface area (Å²) in [4.78, 5) is 0. The van der Waals surface area contributed by atoms with Gasteiger partial charge in [0.1, 0.15) is 12.2 Å². The normalized spacial score (nSPS) is 21.1. The standard InChI is InChI=1S/C15H13BrN4/c1-20-10-18-19-14(20)15(8-11(9-15)5-6-17)12-3-2-4-13(16)7-12/h2-5,7,10H,8-9H2,1H3. The van der Waals surface area contributed by atoms with E-state index in [0.29, 0.717) is 0 Å². The molecule has 3 rings (SSSR count). The summed E-state index contributed by atoms with van der Waals surface area (Å²) < 4.78 is 3.01. The number of hydrogen-bond acceptors (Lipinski definition) is 3. The topological polar surface area (TPSA) is 54.5 Å². The monoisotopic (exact) mass is 328 g/mol. The summed E-state index contributed by atoms with van der Waals surface area (Å²) in [5.74, 6) is 0.950. The van der Waals surface area contributed by atoms with Gasteiger partial charge in [0.15, 0.2) is 0 Å². The molecule has 100 valence electrons. The van der Waals surface area contributed by atoms with E-state index in [2.05, 4.69) is 44.3 Å². The van der Waals surface area contributed by atoms with Crippen molar-refractivity contribution >= 4 is 15.9 Å². The van der Waals surface area contributed by atoms with Crippen molar-refractivity contribution in [2.45, 2.75) is 18.3 Å². The largest absolute Gasteiger partial charge is 0.320 e. The minimum atomic E-state index is -0.169. The molecule has 0 unspecified atom stereocenters. The highest BCUT2D eigenvalue weighted by atomic mass is 79.9. The number of benzene rings is 1. The lowest BCUT2D eigenvalue weighted by Gasteiger charge is -2.43. The van der Waals surface area contributed by atoms with Gasteiger partial charge in [-0.3, -0.25) is 0 Å².